The summed E-state index contributed by atoms with van der Waals surface area (Å²) in [6.07, 6.45) is 4.97. The quantitative estimate of drug-likeness (QED) is 0.795. The predicted molar refractivity (Wildman–Crippen MR) is 85.6 cm³/mol. The zero-order valence-corrected chi connectivity index (χ0v) is 13.6. The number of rotatable bonds is 6. The number of piperidine rings is 1. The minimum atomic E-state index is -3.28. The van der Waals surface area contributed by atoms with Crippen LogP contribution in [0.1, 0.15) is 18.9 Å². The van der Waals surface area contributed by atoms with Crippen LogP contribution < -0.4 is 4.74 Å². The van der Waals surface area contributed by atoms with Crippen molar-refractivity contribution in [2.45, 2.75) is 18.9 Å². The zero-order chi connectivity index (χ0) is 16.1. The van der Waals surface area contributed by atoms with Crippen LogP contribution in [0.2, 0.25) is 0 Å². The predicted octanol–water partition coefficient (Wildman–Crippen LogP) is 1.32. The molecule has 2 heterocycles. The van der Waals surface area contributed by atoms with Gasteiger partial charge in [0.25, 0.3) is 0 Å². The first-order valence-electron chi connectivity index (χ1n) is 7.66. The molecule has 0 radical (unpaired) electrons. The van der Waals surface area contributed by atoms with Gasteiger partial charge in [-0.15, -0.1) is 5.10 Å². The van der Waals surface area contributed by atoms with Crippen LogP contribution in [-0.4, -0.2) is 53.2 Å². The van der Waals surface area contributed by atoms with Gasteiger partial charge in [0.1, 0.15) is 12.4 Å². The van der Waals surface area contributed by atoms with Crippen LogP contribution in [0.25, 0.3) is 0 Å². The first-order valence-corrected chi connectivity index (χ1v) is 9.27. The monoisotopic (exact) mass is 336 g/mol. The van der Waals surface area contributed by atoms with Gasteiger partial charge in [0.05, 0.1) is 18.0 Å². The highest BCUT2D eigenvalue weighted by molar-refractivity contribution is 7.89. The number of ether oxygens (including phenoxy) is 1. The summed E-state index contributed by atoms with van der Waals surface area (Å²) in [7, 11) is -3.28. The Labute approximate surface area is 135 Å². The SMILES string of the molecule is O=S(=O)(CCOc1ccccc1)N1CCC(n2ccnn2)CC1. The van der Waals surface area contributed by atoms with Crippen LogP contribution >= 0.6 is 0 Å². The fourth-order valence-electron chi connectivity index (χ4n) is 2.71. The van der Waals surface area contributed by atoms with Gasteiger partial charge >= 0.3 is 0 Å². The third-order valence-electron chi connectivity index (χ3n) is 3.99. The molecule has 0 spiro atoms. The van der Waals surface area contributed by atoms with Crippen LogP contribution in [0.4, 0.5) is 0 Å². The highest BCUT2D eigenvalue weighted by Crippen LogP contribution is 2.23. The van der Waals surface area contributed by atoms with Gasteiger partial charge in [-0.25, -0.2) is 17.4 Å². The van der Waals surface area contributed by atoms with Crippen molar-refractivity contribution in [1.82, 2.24) is 19.3 Å². The summed E-state index contributed by atoms with van der Waals surface area (Å²) in [5.74, 6) is 0.684. The van der Waals surface area contributed by atoms with Crippen LogP contribution in [-0.2, 0) is 10.0 Å². The van der Waals surface area contributed by atoms with Gasteiger partial charge in [0.15, 0.2) is 0 Å². The van der Waals surface area contributed by atoms with Crippen molar-refractivity contribution >= 4 is 10.0 Å². The van der Waals surface area contributed by atoms with E-state index < -0.39 is 10.0 Å². The van der Waals surface area contributed by atoms with Gasteiger partial charge in [-0.2, -0.15) is 0 Å². The molecule has 0 bridgehead atoms. The molecule has 1 aliphatic rings. The lowest BCUT2D eigenvalue weighted by Gasteiger charge is -2.31. The summed E-state index contributed by atoms with van der Waals surface area (Å²) in [4.78, 5) is 0. The molecule has 1 aromatic carbocycles. The molecular formula is C15H20N4O3S. The number of benzene rings is 1. The molecule has 7 nitrogen and oxygen atoms in total. The Balaban J connectivity index is 1.48. The highest BCUT2D eigenvalue weighted by atomic mass is 32.2. The maximum absolute atomic E-state index is 12.4. The number of nitrogens with zero attached hydrogens (tertiary/aromatic N) is 4. The standard InChI is InChI=1S/C15H20N4O3S/c20-23(21,13-12-22-15-4-2-1-3-5-15)18-9-6-14(7-10-18)19-11-8-16-17-19/h1-5,8,11,14H,6-7,9-10,12-13H2. The molecule has 0 atom stereocenters. The molecule has 0 saturated carbocycles. The molecule has 2 aromatic rings. The van der Waals surface area contributed by atoms with Gasteiger partial charge in [0.2, 0.25) is 10.0 Å². The normalized spacial score (nSPS) is 17.2. The lowest BCUT2D eigenvalue weighted by Crippen LogP contribution is -2.41. The Bertz CT molecular complexity index is 696. The van der Waals surface area contributed by atoms with Gasteiger partial charge in [-0.3, -0.25) is 0 Å². The summed E-state index contributed by atoms with van der Waals surface area (Å²) in [6.45, 7) is 1.19. The molecule has 3 rings (SSSR count). The van der Waals surface area contributed by atoms with Crippen LogP contribution in [0.5, 0.6) is 5.75 Å². The third kappa shape index (κ3) is 4.08. The number of sulfonamides is 1. The van der Waals surface area contributed by atoms with Gasteiger partial charge in [-0.05, 0) is 25.0 Å². The van der Waals surface area contributed by atoms with Crippen molar-refractivity contribution in [3.8, 4) is 5.75 Å². The van der Waals surface area contributed by atoms with Crippen LogP contribution in [0, 0.1) is 0 Å². The Morgan fingerprint density at radius 2 is 1.91 bits per heavy atom. The molecule has 23 heavy (non-hydrogen) atoms. The van der Waals surface area contributed by atoms with Crippen LogP contribution in [0.15, 0.2) is 42.7 Å². The minimum Gasteiger partial charge on any atom is -0.492 e. The van der Waals surface area contributed by atoms with E-state index >= 15 is 0 Å². The van der Waals surface area contributed by atoms with Crippen molar-refractivity contribution < 1.29 is 13.2 Å². The molecule has 0 unspecified atom stereocenters. The number of hydrogen-bond donors (Lipinski definition) is 0. The summed E-state index contributed by atoms with van der Waals surface area (Å²) in [6, 6.07) is 9.47. The third-order valence-corrected chi connectivity index (χ3v) is 5.82. The van der Waals surface area contributed by atoms with Gasteiger partial charge < -0.3 is 4.74 Å². The van der Waals surface area contributed by atoms with E-state index in [2.05, 4.69) is 10.3 Å². The maximum atomic E-state index is 12.4. The second-order valence-corrected chi connectivity index (χ2v) is 7.58. The largest absolute Gasteiger partial charge is 0.492 e. The molecule has 1 aliphatic heterocycles. The van der Waals surface area contributed by atoms with Crippen molar-refractivity contribution in [2.24, 2.45) is 0 Å². The first-order chi connectivity index (χ1) is 11.1. The van der Waals surface area contributed by atoms with E-state index in [9.17, 15) is 8.42 Å². The average Bonchev–Trinajstić information content (AvgIpc) is 3.10. The molecule has 1 saturated heterocycles. The highest BCUT2D eigenvalue weighted by Gasteiger charge is 2.28. The molecule has 124 valence electrons. The van der Waals surface area contributed by atoms with Crippen molar-refractivity contribution in [3.05, 3.63) is 42.7 Å². The average molecular weight is 336 g/mol. The molecule has 0 amide bonds. The van der Waals surface area contributed by atoms with Crippen LogP contribution in [0.3, 0.4) is 0 Å². The molecule has 0 aliphatic carbocycles. The molecule has 1 aromatic heterocycles. The topological polar surface area (TPSA) is 77.3 Å². The van der Waals surface area contributed by atoms with Crippen molar-refractivity contribution in [2.75, 3.05) is 25.4 Å². The van der Waals surface area contributed by atoms with E-state index in [0.29, 0.717) is 18.8 Å². The molecule has 0 N–H and O–H groups in total. The number of para-hydroxylation sites is 1. The summed E-state index contributed by atoms with van der Waals surface area (Å²) < 4.78 is 33.6. The Hall–Kier alpha value is -1.93. The minimum absolute atomic E-state index is 0.00408. The molecule has 8 heteroatoms. The number of aromatic nitrogens is 3. The number of hydrogen-bond acceptors (Lipinski definition) is 5. The second-order valence-electron chi connectivity index (χ2n) is 5.49. The van der Waals surface area contributed by atoms with E-state index in [4.69, 9.17) is 4.74 Å². The summed E-state index contributed by atoms with van der Waals surface area (Å²) >= 11 is 0. The Morgan fingerprint density at radius 3 is 2.57 bits per heavy atom. The Morgan fingerprint density at radius 1 is 1.17 bits per heavy atom. The summed E-state index contributed by atoms with van der Waals surface area (Å²) in [5.41, 5.74) is 0. The lowest BCUT2D eigenvalue weighted by atomic mass is 10.1. The van der Waals surface area contributed by atoms with E-state index in [-0.39, 0.29) is 18.4 Å². The van der Waals surface area contributed by atoms with Crippen molar-refractivity contribution in [3.63, 3.8) is 0 Å². The van der Waals surface area contributed by atoms with E-state index in [1.807, 2.05) is 41.2 Å². The smallest absolute Gasteiger partial charge is 0.217 e. The molecular weight excluding hydrogens is 316 g/mol. The fourth-order valence-corrected chi connectivity index (χ4v) is 4.03. The van der Waals surface area contributed by atoms with E-state index in [1.165, 1.54) is 0 Å². The van der Waals surface area contributed by atoms with Gasteiger partial charge in [0, 0.05) is 19.3 Å². The lowest BCUT2D eigenvalue weighted by molar-refractivity contribution is 0.256. The van der Waals surface area contributed by atoms with Gasteiger partial charge in [-0.1, -0.05) is 23.4 Å². The van der Waals surface area contributed by atoms with E-state index in [1.54, 1.807) is 10.5 Å². The zero-order valence-electron chi connectivity index (χ0n) is 12.8. The summed E-state index contributed by atoms with van der Waals surface area (Å²) in [5, 5.41) is 7.79. The van der Waals surface area contributed by atoms with Crippen molar-refractivity contribution in [1.29, 1.82) is 0 Å². The second kappa shape index (κ2) is 7.10. The fraction of sp³-hybridized carbons (Fsp3) is 0.467. The first kappa shape index (κ1) is 15.9. The maximum Gasteiger partial charge on any atom is 0.217 e. The molecule has 1 fully saturated rings. The Kier molecular flexibility index (Phi) is 4.92. The van der Waals surface area contributed by atoms with E-state index in [0.717, 1.165) is 12.8 Å².